The number of carboxylic acid groups (broad SMARTS) is 1. The van der Waals surface area contributed by atoms with Gasteiger partial charge >= 0.3 is 5.97 Å². The van der Waals surface area contributed by atoms with Crippen molar-refractivity contribution in [3.63, 3.8) is 0 Å². The van der Waals surface area contributed by atoms with Gasteiger partial charge in [0.15, 0.2) is 0 Å². The van der Waals surface area contributed by atoms with Crippen LogP contribution in [0.3, 0.4) is 0 Å². The zero-order valence-corrected chi connectivity index (χ0v) is 8.10. The van der Waals surface area contributed by atoms with E-state index in [0.717, 1.165) is 0 Å². The number of nitrogens with zero attached hydrogens (tertiary/aromatic N) is 1. The van der Waals surface area contributed by atoms with Gasteiger partial charge in [0.2, 0.25) is 5.91 Å². The Labute approximate surface area is 86.5 Å². The standard InChI is InChI=1S/C10H10N2O3/c1-2-3-9(13)12-8-6-7(10(14)15)4-5-11-8/h2-6H,1H3,(H,14,15)(H,11,12,13)/b3-2+. The molecule has 0 saturated heterocycles. The van der Waals surface area contributed by atoms with Crippen LogP contribution in [0.1, 0.15) is 17.3 Å². The Morgan fingerprint density at radius 1 is 1.53 bits per heavy atom. The van der Waals surface area contributed by atoms with Gasteiger partial charge in [0.25, 0.3) is 0 Å². The Hall–Kier alpha value is -2.17. The number of rotatable bonds is 3. The van der Waals surface area contributed by atoms with E-state index in [0.29, 0.717) is 0 Å². The van der Waals surface area contributed by atoms with Crippen LogP contribution in [-0.2, 0) is 4.79 Å². The molecule has 0 atom stereocenters. The lowest BCUT2D eigenvalue weighted by Gasteiger charge is -2.01. The van der Waals surface area contributed by atoms with Crippen molar-refractivity contribution in [2.45, 2.75) is 6.92 Å². The largest absolute Gasteiger partial charge is 0.478 e. The Morgan fingerprint density at radius 3 is 2.87 bits per heavy atom. The molecular weight excluding hydrogens is 196 g/mol. The lowest BCUT2D eigenvalue weighted by Crippen LogP contribution is -2.10. The Kier molecular flexibility index (Phi) is 3.56. The smallest absolute Gasteiger partial charge is 0.335 e. The van der Waals surface area contributed by atoms with E-state index in [1.807, 2.05) is 0 Å². The first kappa shape index (κ1) is 10.9. The fourth-order valence-corrected chi connectivity index (χ4v) is 0.951. The molecule has 0 unspecified atom stereocenters. The Balaban J connectivity index is 2.82. The number of nitrogens with one attached hydrogen (secondary N) is 1. The van der Waals surface area contributed by atoms with E-state index < -0.39 is 5.97 Å². The second-order valence-corrected chi connectivity index (χ2v) is 2.72. The zero-order valence-electron chi connectivity index (χ0n) is 8.10. The summed E-state index contributed by atoms with van der Waals surface area (Å²) >= 11 is 0. The molecule has 0 aromatic carbocycles. The molecule has 1 amide bonds. The average molecular weight is 206 g/mol. The SMILES string of the molecule is C/C=C/C(=O)Nc1cc(C(=O)O)ccn1. The first-order valence-corrected chi connectivity index (χ1v) is 4.26. The van der Waals surface area contributed by atoms with Crippen LogP contribution in [0.5, 0.6) is 0 Å². The minimum Gasteiger partial charge on any atom is -0.478 e. The highest BCUT2D eigenvalue weighted by atomic mass is 16.4. The molecule has 1 aromatic heterocycles. The van der Waals surface area contributed by atoms with Gasteiger partial charge in [-0.05, 0) is 25.1 Å². The molecule has 1 heterocycles. The van der Waals surface area contributed by atoms with Gasteiger partial charge in [0.05, 0.1) is 5.56 Å². The third-order valence-corrected chi connectivity index (χ3v) is 1.58. The maximum atomic E-state index is 11.1. The number of pyridine rings is 1. The number of aromatic carboxylic acids is 1. The Bertz CT molecular complexity index is 413. The average Bonchev–Trinajstić information content (AvgIpc) is 2.18. The summed E-state index contributed by atoms with van der Waals surface area (Å²) in [6, 6.07) is 2.65. The quantitative estimate of drug-likeness (QED) is 0.730. The molecule has 0 saturated carbocycles. The number of hydrogen-bond acceptors (Lipinski definition) is 3. The van der Waals surface area contributed by atoms with E-state index in [4.69, 9.17) is 5.11 Å². The van der Waals surface area contributed by atoms with Crippen molar-refractivity contribution >= 4 is 17.7 Å². The van der Waals surface area contributed by atoms with Crippen LogP contribution in [0.15, 0.2) is 30.5 Å². The van der Waals surface area contributed by atoms with E-state index >= 15 is 0 Å². The van der Waals surface area contributed by atoms with E-state index in [9.17, 15) is 9.59 Å². The van der Waals surface area contributed by atoms with Crippen molar-refractivity contribution in [1.29, 1.82) is 0 Å². The number of hydrogen-bond donors (Lipinski definition) is 2. The van der Waals surface area contributed by atoms with Crippen LogP contribution in [0, 0.1) is 0 Å². The third kappa shape index (κ3) is 3.22. The number of carboxylic acids is 1. The molecule has 1 aromatic rings. The maximum Gasteiger partial charge on any atom is 0.335 e. The summed E-state index contributed by atoms with van der Waals surface area (Å²) in [6.07, 6.45) is 4.24. The highest BCUT2D eigenvalue weighted by Gasteiger charge is 2.05. The molecular formula is C10H10N2O3. The molecule has 5 heteroatoms. The van der Waals surface area contributed by atoms with E-state index in [2.05, 4.69) is 10.3 Å². The monoisotopic (exact) mass is 206 g/mol. The summed E-state index contributed by atoms with van der Waals surface area (Å²) in [5, 5.41) is 11.1. The van der Waals surface area contributed by atoms with Gasteiger partial charge in [-0.25, -0.2) is 9.78 Å². The minimum atomic E-state index is -1.06. The van der Waals surface area contributed by atoms with Crippen molar-refractivity contribution in [3.05, 3.63) is 36.0 Å². The summed E-state index contributed by atoms with van der Waals surface area (Å²) in [6.45, 7) is 1.71. The first-order valence-electron chi connectivity index (χ1n) is 4.26. The summed E-state index contributed by atoms with van der Waals surface area (Å²) in [5.74, 6) is -1.18. The van der Waals surface area contributed by atoms with Crippen molar-refractivity contribution in [1.82, 2.24) is 4.98 Å². The van der Waals surface area contributed by atoms with Crippen molar-refractivity contribution < 1.29 is 14.7 Å². The minimum absolute atomic E-state index is 0.0841. The predicted octanol–water partition coefficient (Wildman–Crippen LogP) is 1.29. The highest BCUT2D eigenvalue weighted by molar-refractivity contribution is 5.99. The molecule has 0 aliphatic carbocycles. The first-order chi connectivity index (χ1) is 7.13. The van der Waals surface area contributed by atoms with Crippen LogP contribution in [-0.4, -0.2) is 22.0 Å². The third-order valence-electron chi connectivity index (χ3n) is 1.58. The number of allylic oxidation sites excluding steroid dienone is 1. The number of aromatic nitrogens is 1. The van der Waals surface area contributed by atoms with Crippen LogP contribution >= 0.6 is 0 Å². The highest BCUT2D eigenvalue weighted by Crippen LogP contribution is 2.06. The molecule has 5 nitrogen and oxygen atoms in total. The molecule has 0 bridgehead atoms. The molecule has 0 spiro atoms. The van der Waals surface area contributed by atoms with E-state index in [1.54, 1.807) is 13.0 Å². The van der Waals surface area contributed by atoms with Gasteiger partial charge in [-0.2, -0.15) is 0 Å². The molecule has 78 valence electrons. The molecule has 0 aliphatic rings. The molecule has 2 N–H and O–H groups in total. The molecule has 15 heavy (non-hydrogen) atoms. The van der Waals surface area contributed by atoms with E-state index in [1.165, 1.54) is 24.4 Å². The summed E-state index contributed by atoms with van der Waals surface area (Å²) in [5.41, 5.74) is 0.0841. The van der Waals surface area contributed by atoms with Gasteiger partial charge in [-0.15, -0.1) is 0 Å². The fraction of sp³-hybridized carbons (Fsp3) is 0.100. The van der Waals surface area contributed by atoms with E-state index in [-0.39, 0.29) is 17.3 Å². The maximum absolute atomic E-state index is 11.1. The Morgan fingerprint density at radius 2 is 2.27 bits per heavy atom. The molecule has 0 aliphatic heterocycles. The van der Waals surface area contributed by atoms with Crippen molar-refractivity contribution in [2.24, 2.45) is 0 Å². The number of amides is 1. The molecule has 0 fully saturated rings. The number of anilines is 1. The predicted molar refractivity (Wildman–Crippen MR) is 54.6 cm³/mol. The lowest BCUT2D eigenvalue weighted by atomic mass is 10.2. The summed E-state index contributed by atoms with van der Waals surface area (Å²) < 4.78 is 0. The second kappa shape index (κ2) is 4.90. The lowest BCUT2D eigenvalue weighted by molar-refractivity contribution is -0.111. The zero-order chi connectivity index (χ0) is 11.3. The van der Waals surface area contributed by atoms with Gasteiger partial charge < -0.3 is 10.4 Å². The molecule has 0 radical (unpaired) electrons. The van der Waals surface area contributed by atoms with Gasteiger partial charge in [-0.1, -0.05) is 6.08 Å². The second-order valence-electron chi connectivity index (χ2n) is 2.72. The van der Waals surface area contributed by atoms with Gasteiger partial charge in [0, 0.05) is 6.20 Å². The normalized spacial score (nSPS) is 10.2. The van der Waals surface area contributed by atoms with Crippen LogP contribution in [0.2, 0.25) is 0 Å². The number of carbonyl (C=O) groups is 2. The van der Waals surface area contributed by atoms with Crippen molar-refractivity contribution in [3.8, 4) is 0 Å². The molecule has 1 rings (SSSR count). The number of carbonyl (C=O) groups excluding carboxylic acids is 1. The fourth-order valence-electron chi connectivity index (χ4n) is 0.951. The van der Waals surface area contributed by atoms with Crippen LogP contribution in [0.4, 0.5) is 5.82 Å². The van der Waals surface area contributed by atoms with Crippen LogP contribution in [0.25, 0.3) is 0 Å². The van der Waals surface area contributed by atoms with Gasteiger partial charge in [0.1, 0.15) is 5.82 Å². The van der Waals surface area contributed by atoms with Crippen LogP contribution < -0.4 is 5.32 Å². The summed E-state index contributed by atoms with van der Waals surface area (Å²) in [4.78, 5) is 25.5. The summed E-state index contributed by atoms with van der Waals surface area (Å²) in [7, 11) is 0. The van der Waals surface area contributed by atoms with Crippen molar-refractivity contribution in [2.75, 3.05) is 5.32 Å². The topological polar surface area (TPSA) is 79.3 Å². The van der Waals surface area contributed by atoms with Gasteiger partial charge in [-0.3, -0.25) is 4.79 Å².